The van der Waals surface area contributed by atoms with Gasteiger partial charge in [-0.05, 0) is 40.8 Å². The Hall–Kier alpha value is -1.35. The molecule has 1 aliphatic rings. The molecule has 1 aliphatic heterocycles. The number of rotatable bonds is 3. The SMILES string of the molecule is O=C(O)C1=NOC(C(=O)Nc2ccc(Cl)cc2I)C1. The lowest BCUT2D eigenvalue weighted by molar-refractivity contribution is -0.129. The first-order valence-corrected chi connectivity index (χ1v) is 6.65. The summed E-state index contributed by atoms with van der Waals surface area (Å²) in [6.45, 7) is 0. The molecular formula is C11H8ClIN2O4. The lowest BCUT2D eigenvalue weighted by Gasteiger charge is -2.10. The van der Waals surface area contributed by atoms with Crippen LogP contribution in [0.1, 0.15) is 6.42 Å². The Morgan fingerprint density at radius 3 is 2.84 bits per heavy atom. The third-order valence-corrected chi connectivity index (χ3v) is 3.52. The largest absolute Gasteiger partial charge is 0.477 e. The zero-order chi connectivity index (χ0) is 14.0. The molecule has 2 rings (SSSR count). The molecule has 1 atom stereocenters. The lowest BCUT2D eigenvalue weighted by atomic mass is 10.1. The van der Waals surface area contributed by atoms with Crippen molar-refractivity contribution in [2.45, 2.75) is 12.5 Å². The van der Waals surface area contributed by atoms with Gasteiger partial charge in [-0.3, -0.25) is 4.79 Å². The van der Waals surface area contributed by atoms with Crippen LogP contribution in [-0.2, 0) is 14.4 Å². The number of nitrogens with one attached hydrogen (secondary N) is 1. The number of carboxylic acids is 1. The van der Waals surface area contributed by atoms with Crippen LogP contribution in [0, 0.1) is 3.57 Å². The molecule has 0 spiro atoms. The molecule has 1 heterocycles. The summed E-state index contributed by atoms with van der Waals surface area (Å²) < 4.78 is 0.774. The average molecular weight is 395 g/mol. The average Bonchev–Trinajstić information content (AvgIpc) is 2.82. The first kappa shape index (κ1) is 14.1. The van der Waals surface area contributed by atoms with Crippen LogP contribution in [0.2, 0.25) is 5.02 Å². The minimum Gasteiger partial charge on any atom is -0.477 e. The van der Waals surface area contributed by atoms with Crippen molar-refractivity contribution in [3.8, 4) is 0 Å². The number of oxime groups is 1. The van der Waals surface area contributed by atoms with Crippen LogP contribution in [0.15, 0.2) is 23.4 Å². The summed E-state index contributed by atoms with van der Waals surface area (Å²) in [5.74, 6) is -1.63. The van der Waals surface area contributed by atoms with Gasteiger partial charge < -0.3 is 15.3 Å². The number of nitrogens with zero attached hydrogens (tertiary/aromatic N) is 1. The highest BCUT2D eigenvalue weighted by molar-refractivity contribution is 14.1. The van der Waals surface area contributed by atoms with Crippen LogP contribution in [0.4, 0.5) is 5.69 Å². The van der Waals surface area contributed by atoms with E-state index in [-0.39, 0.29) is 12.1 Å². The number of hydrogen-bond acceptors (Lipinski definition) is 4. The molecular weight excluding hydrogens is 386 g/mol. The molecule has 0 aromatic heterocycles. The highest BCUT2D eigenvalue weighted by atomic mass is 127. The molecule has 1 amide bonds. The first-order valence-electron chi connectivity index (χ1n) is 5.19. The van der Waals surface area contributed by atoms with Gasteiger partial charge in [0, 0.05) is 15.0 Å². The molecule has 1 unspecified atom stereocenters. The van der Waals surface area contributed by atoms with Gasteiger partial charge in [0.15, 0.2) is 5.71 Å². The summed E-state index contributed by atoms with van der Waals surface area (Å²) in [6.07, 6.45) is -0.969. The van der Waals surface area contributed by atoms with Crippen LogP contribution in [0.3, 0.4) is 0 Å². The number of amides is 1. The van der Waals surface area contributed by atoms with Crippen molar-refractivity contribution in [3.05, 3.63) is 26.8 Å². The highest BCUT2D eigenvalue weighted by Gasteiger charge is 2.31. The maximum Gasteiger partial charge on any atom is 0.353 e. The van der Waals surface area contributed by atoms with E-state index in [9.17, 15) is 9.59 Å². The summed E-state index contributed by atoms with van der Waals surface area (Å²) in [5.41, 5.74) is 0.424. The van der Waals surface area contributed by atoms with E-state index in [1.807, 2.05) is 22.6 Å². The molecule has 19 heavy (non-hydrogen) atoms. The number of hydrogen-bond donors (Lipinski definition) is 2. The summed E-state index contributed by atoms with van der Waals surface area (Å²) in [7, 11) is 0. The van der Waals surface area contributed by atoms with Gasteiger partial charge in [0.1, 0.15) is 0 Å². The van der Waals surface area contributed by atoms with Gasteiger partial charge in [0.05, 0.1) is 5.69 Å². The molecule has 0 radical (unpaired) electrons. The van der Waals surface area contributed by atoms with Crippen molar-refractivity contribution >= 4 is 57.5 Å². The Morgan fingerprint density at radius 1 is 1.53 bits per heavy atom. The van der Waals surface area contributed by atoms with Crippen LogP contribution in [-0.4, -0.2) is 28.8 Å². The second kappa shape index (κ2) is 5.74. The van der Waals surface area contributed by atoms with E-state index in [2.05, 4.69) is 10.5 Å². The van der Waals surface area contributed by atoms with Gasteiger partial charge in [-0.2, -0.15) is 0 Å². The van der Waals surface area contributed by atoms with E-state index < -0.39 is 18.0 Å². The van der Waals surface area contributed by atoms with Gasteiger partial charge in [-0.15, -0.1) is 0 Å². The van der Waals surface area contributed by atoms with E-state index in [1.165, 1.54) is 0 Å². The third-order valence-electron chi connectivity index (χ3n) is 2.40. The number of carbonyl (C=O) groups is 2. The number of carbonyl (C=O) groups excluding carboxylic acids is 1. The Kier molecular flexibility index (Phi) is 4.25. The second-order valence-corrected chi connectivity index (χ2v) is 5.35. The van der Waals surface area contributed by atoms with Crippen molar-refractivity contribution in [3.63, 3.8) is 0 Å². The van der Waals surface area contributed by atoms with Gasteiger partial charge in [0.2, 0.25) is 6.10 Å². The molecule has 8 heteroatoms. The number of carboxylic acid groups (broad SMARTS) is 1. The van der Waals surface area contributed by atoms with Crippen molar-refractivity contribution in [1.29, 1.82) is 0 Å². The molecule has 0 aliphatic carbocycles. The minimum atomic E-state index is -1.18. The molecule has 0 bridgehead atoms. The molecule has 1 aromatic carbocycles. The van der Waals surface area contributed by atoms with E-state index in [0.717, 1.165) is 3.57 Å². The zero-order valence-corrected chi connectivity index (χ0v) is 12.3. The highest BCUT2D eigenvalue weighted by Crippen LogP contribution is 2.23. The fourth-order valence-electron chi connectivity index (χ4n) is 1.45. The Balaban J connectivity index is 2.01. The van der Waals surface area contributed by atoms with Crippen LogP contribution in [0.5, 0.6) is 0 Å². The molecule has 1 aromatic rings. The summed E-state index contributed by atoms with van der Waals surface area (Å²) >= 11 is 7.84. The number of benzene rings is 1. The van der Waals surface area contributed by atoms with Crippen molar-refractivity contribution in [2.75, 3.05) is 5.32 Å². The quantitative estimate of drug-likeness (QED) is 0.769. The molecule has 0 saturated carbocycles. The molecule has 2 N–H and O–H groups in total. The normalized spacial score (nSPS) is 17.6. The fraction of sp³-hybridized carbons (Fsp3) is 0.182. The second-order valence-electron chi connectivity index (χ2n) is 3.75. The van der Waals surface area contributed by atoms with E-state index in [0.29, 0.717) is 10.7 Å². The first-order chi connectivity index (χ1) is 8.97. The topological polar surface area (TPSA) is 88.0 Å². The monoisotopic (exact) mass is 394 g/mol. The van der Waals surface area contributed by atoms with Gasteiger partial charge in [-0.1, -0.05) is 16.8 Å². The standard InChI is InChI=1S/C11H8ClIN2O4/c12-5-1-2-7(6(13)3-5)14-10(16)9-4-8(11(17)18)15-19-9/h1-3,9H,4H2,(H,14,16)(H,17,18). The molecule has 0 fully saturated rings. The Bertz CT molecular complexity index is 576. The molecule has 6 nitrogen and oxygen atoms in total. The maximum absolute atomic E-state index is 11.9. The maximum atomic E-state index is 11.9. The molecule has 0 saturated heterocycles. The predicted octanol–water partition coefficient (Wildman–Crippen LogP) is 2.11. The fourth-order valence-corrected chi connectivity index (χ4v) is 2.45. The van der Waals surface area contributed by atoms with E-state index in [4.69, 9.17) is 21.5 Å². The predicted molar refractivity (Wildman–Crippen MR) is 77.4 cm³/mol. The van der Waals surface area contributed by atoms with Crippen LogP contribution in [0.25, 0.3) is 0 Å². The van der Waals surface area contributed by atoms with Gasteiger partial charge in [-0.25, -0.2) is 4.79 Å². The number of aliphatic carboxylic acids is 1. The Morgan fingerprint density at radius 2 is 2.26 bits per heavy atom. The van der Waals surface area contributed by atoms with Gasteiger partial charge >= 0.3 is 5.97 Å². The van der Waals surface area contributed by atoms with Crippen molar-refractivity contribution in [2.24, 2.45) is 5.16 Å². The van der Waals surface area contributed by atoms with Crippen LogP contribution >= 0.6 is 34.2 Å². The van der Waals surface area contributed by atoms with Crippen LogP contribution < -0.4 is 5.32 Å². The Labute approximate surface area is 126 Å². The molecule has 100 valence electrons. The minimum absolute atomic E-state index is 0.0503. The number of halogens is 2. The van der Waals surface area contributed by atoms with E-state index >= 15 is 0 Å². The van der Waals surface area contributed by atoms with E-state index in [1.54, 1.807) is 18.2 Å². The smallest absolute Gasteiger partial charge is 0.353 e. The van der Waals surface area contributed by atoms with Crippen molar-refractivity contribution < 1.29 is 19.5 Å². The number of anilines is 1. The summed E-state index contributed by atoms with van der Waals surface area (Å²) in [4.78, 5) is 27.3. The summed E-state index contributed by atoms with van der Waals surface area (Å²) in [5, 5.41) is 15.3. The van der Waals surface area contributed by atoms with Gasteiger partial charge in [0.25, 0.3) is 5.91 Å². The zero-order valence-electron chi connectivity index (χ0n) is 9.39. The third kappa shape index (κ3) is 3.35. The van der Waals surface area contributed by atoms with Crippen molar-refractivity contribution in [1.82, 2.24) is 0 Å². The lowest BCUT2D eigenvalue weighted by Crippen LogP contribution is -2.29. The summed E-state index contributed by atoms with van der Waals surface area (Å²) in [6, 6.07) is 5.01.